The van der Waals surface area contributed by atoms with Gasteiger partial charge in [0.1, 0.15) is 19.3 Å². The van der Waals surface area contributed by atoms with Gasteiger partial charge in [0.2, 0.25) is 0 Å². The summed E-state index contributed by atoms with van der Waals surface area (Å²) in [5, 5.41) is 10.5. The molecule has 0 saturated heterocycles. The monoisotopic (exact) mass is 1210 g/mol. The molecular formula is C63H122O17P2. The molecule has 0 rings (SSSR count). The first-order valence-corrected chi connectivity index (χ1v) is 36.1. The van der Waals surface area contributed by atoms with Gasteiger partial charge in [-0.2, -0.15) is 0 Å². The average molecular weight is 1210 g/mol. The van der Waals surface area contributed by atoms with E-state index in [0.29, 0.717) is 25.7 Å². The Bertz CT molecular complexity index is 1600. The third-order valence-electron chi connectivity index (χ3n) is 14.5. The summed E-state index contributed by atoms with van der Waals surface area (Å²) >= 11 is 0. The minimum atomic E-state index is -4.94. The van der Waals surface area contributed by atoms with E-state index >= 15 is 0 Å². The molecule has 2 unspecified atom stereocenters. The Morgan fingerprint density at radius 2 is 0.561 bits per heavy atom. The lowest BCUT2D eigenvalue weighted by atomic mass is 10.0. The molecule has 0 aliphatic carbocycles. The van der Waals surface area contributed by atoms with E-state index in [-0.39, 0.29) is 25.7 Å². The molecule has 0 radical (unpaired) electrons. The smallest absolute Gasteiger partial charge is 0.462 e. The number of esters is 4. The highest BCUT2D eigenvalue weighted by atomic mass is 31.2. The fraction of sp³-hybridized carbons (Fsp3) is 0.937. The molecule has 0 fully saturated rings. The van der Waals surface area contributed by atoms with E-state index in [4.69, 9.17) is 37.0 Å². The van der Waals surface area contributed by atoms with E-state index in [9.17, 15) is 43.2 Å². The van der Waals surface area contributed by atoms with Gasteiger partial charge in [-0.15, -0.1) is 0 Å². The molecule has 0 aromatic carbocycles. The predicted molar refractivity (Wildman–Crippen MR) is 326 cm³/mol. The first kappa shape index (κ1) is 80.1. The lowest BCUT2D eigenvalue weighted by Crippen LogP contribution is -2.30. The van der Waals surface area contributed by atoms with Crippen LogP contribution in [0.25, 0.3) is 0 Å². The van der Waals surface area contributed by atoms with Crippen LogP contribution in [0, 0.1) is 5.92 Å². The zero-order valence-corrected chi connectivity index (χ0v) is 54.4. The maximum absolute atomic E-state index is 13.0. The van der Waals surface area contributed by atoms with Gasteiger partial charge < -0.3 is 33.8 Å². The Hall–Kier alpha value is -1.94. The summed E-state index contributed by atoms with van der Waals surface area (Å²) in [5.41, 5.74) is 0. The molecule has 17 nitrogen and oxygen atoms in total. The number of aliphatic hydroxyl groups is 1. The molecule has 0 aromatic rings. The maximum Gasteiger partial charge on any atom is 0.472 e. The molecule has 0 aliphatic heterocycles. The van der Waals surface area contributed by atoms with Gasteiger partial charge in [-0.25, -0.2) is 9.13 Å². The second-order valence-corrected chi connectivity index (χ2v) is 26.2. The van der Waals surface area contributed by atoms with Crippen molar-refractivity contribution in [2.24, 2.45) is 5.92 Å². The fourth-order valence-corrected chi connectivity index (χ4v) is 11.0. The van der Waals surface area contributed by atoms with Gasteiger partial charge in [-0.05, 0) is 31.6 Å². The summed E-state index contributed by atoms with van der Waals surface area (Å²) in [5.74, 6) is -1.41. The van der Waals surface area contributed by atoms with Crippen LogP contribution in [-0.2, 0) is 65.4 Å². The van der Waals surface area contributed by atoms with Crippen LogP contribution in [0.3, 0.4) is 0 Å². The van der Waals surface area contributed by atoms with E-state index in [0.717, 1.165) is 102 Å². The van der Waals surface area contributed by atoms with Crippen molar-refractivity contribution in [1.82, 2.24) is 0 Å². The van der Waals surface area contributed by atoms with Crippen molar-refractivity contribution in [3.8, 4) is 0 Å². The summed E-state index contributed by atoms with van der Waals surface area (Å²) in [6.07, 6.45) is 40.3. The molecule has 0 bridgehead atoms. The number of carbonyl (C=O) groups is 4. The van der Waals surface area contributed by atoms with Crippen molar-refractivity contribution in [3.05, 3.63) is 0 Å². The SMILES string of the molecule is CCCCCCCCCCCCCCCC(=O)O[C@H](COC(=O)CCCCCCCCCCC(C)C)COP(=O)(O)OC[C@@H](O)COP(=O)(O)OC[C@@H](COC(=O)CCCCCCCCCC)OC(=O)CCCCCCCCCCCC. The van der Waals surface area contributed by atoms with Crippen LogP contribution in [-0.4, -0.2) is 96.7 Å². The van der Waals surface area contributed by atoms with Crippen LogP contribution in [0.4, 0.5) is 0 Å². The van der Waals surface area contributed by atoms with Gasteiger partial charge in [0.05, 0.1) is 26.4 Å². The van der Waals surface area contributed by atoms with Crippen molar-refractivity contribution in [2.75, 3.05) is 39.6 Å². The van der Waals surface area contributed by atoms with Crippen LogP contribution in [0.15, 0.2) is 0 Å². The Kier molecular flexibility index (Phi) is 55.5. The molecule has 0 aliphatic rings. The highest BCUT2D eigenvalue weighted by Gasteiger charge is 2.30. The fourth-order valence-electron chi connectivity index (χ4n) is 9.41. The molecule has 486 valence electrons. The van der Waals surface area contributed by atoms with Crippen molar-refractivity contribution in [3.63, 3.8) is 0 Å². The standard InChI is InChI=1S/C63H122O17P2/c1-6-9-12-15-18-21-23-24-25-27-34-39-44-49-63(68)80-59(53-74-61(66)47-42-37-32-29-28-30-35-40-45-56(4)5)55-78-82(71,72)76-51-57(64)50-75-81(69,70)77-54-58(52-73-60(65)46-41-36-31-20-17-14-11-8-3)79-62(67)48-43-38-33-26-22-19-16-13-10-7-2/h56-59,64H,6-55H2,1-5H3,(H,69,70)(H,71,72)/t57-,58+,59+/m0/s1. The average Bonchev–Trinajstić information content (AvgIpc) is 3.45. The Labute approximate surface area is 498 Å². The number of phosphoric acid groups is 2. The van der Waals surface area contributed by atoms with Crippen molar-refractivity contribution in [2.45, 2.75) is 335 Å². The van der Waals surface area contributed by atoms with Gasteiger partial charge in [-0.3, -0.25) is 37.3 Å². The van der Waals surface area contributed by atoms with Gasteiger partial charge in [0.15, 0.2) is 12.2 Å². The van der Waals surface area contributed by atoms with Gasteiger partial charge >= 0.3 is 39.5 Å². The summed E-state index contributed by atoms with van der Waals surface area (Å²) in [6.45, 7) is 7.12. The molecule has 82 heavy (non-hydrogen) atoms. The third kappa shape index (κ3) is 57.2. The zero-order valence-electron chi connectivity index (χ0n) is 52.6. The molecule has 0 heterocycles. The second-order valence-electron chi connectivity index (χ2n) is 23.3. The number of hydrogen-bond donors (Lipinski definition) is 3. The van der Waals surface area contributed by atoms with Crippen molar-refractivity contribution in [1.29, 1.82) is 0 Å². The third-order valence-corrected chi connectivity index (χ3v) is 16.4. The zero-order chi connectivity index (χ0) is 60.6. The van der Waals surface area contributed by atoms with Crippen LogP contribution < -0.4 is 0 Å². The first-order valence-electron chi connectivity index (χ1n) is 33.1. The summed E-state index contributed by atoms with van der Waals surface area (Å²) in [4.78, 5) is 72.1. The Morgan fingerprint density at radius 1 is 0.329 bits per heavy atom. The highest BCUT2D eigenvalue weighted by Crippen LogP contribution is 2.45. The lowest BCUT2D eigenvalue weighted by molar-refractivity contribution is -0.161. The number of ether oxygens (including phenoxy) is 4. The summed E-state index contributed by atoms with van der Waals surface area (Å²) in [6, 6.07) is 0. The van der Waals surface area contributed by atoms with Crippen LogP contribution >= 0.6 is 15.6 Å². The molecule has 3 N–H and O–H groups in total. The summed E-state index contributed by atoms with van der Waals surface area (Å²) < 4.78 is 67.9. The molecule has 5 atom stereocenters. The molecule has 0 aromatic heterocycles. The van der Waals surface area contributed by atoms with Crippen LogP contribution in [0.1, 0.15) is 317 Å². The minimum absolute atomic E-state index is 0.106. The van der Waals surface area contributed by atoms with E-state index in [2.05, 4.69) is 34.6 Å². The van der Waals surface area contributed by atoms with E-state index in [1.807, 2.05) is 0 Å². The summed E-state index contributed by atoms with van der Waals surface area (Å²) in [7, 11) is -9.88. The normalized spacial score (nSPS) is 14.3. The molecule has 0 spiro atoms. The number of aliphatic hydroxyl groups excluding tert-OH is 1. The Balaban J connectivity index is 5.23. The Morgan fingerprint density at radius 3 is 0.829 bits per heavy atom. The molecule has 0 saturated carbocycles. The predicted octanol–water partition coefficient (Wildman–Crippen LogP) is 17.4. The molecular weight excluding hydrogens is 1090 g/mol. The van der Waals surface area contributed by atoms with Crippen LogP contribution in [0.2, 0.25) is 0 Å². The molecule has 0 amide bonds. The largest absolute Gasteiger partial charge is 0.472 e. The maximum atomic E-state index is 13.0. The van der Waals surface area contributed by atoms with E-state index in [1.165, 1.54) is 135 Å². The highest BCUT2D eigenvalue weighted by molar-refractivity contribution is 7.47. The van der Waals surface area contributed by atoms with Gasteiger partial charge in [-0.1, -0.05) is 266 Å². The van der Waals surface area contributed by atoms with Crippen LogP contribution in [0.5, 0.6) is 0 Å². The topological polar surface area (TPSA) is 237 Å². The number of hydrogen-bond acceptors (Lipinski definition) is 15. The lowest BCUT2D eigenvalue weighted by Gasteiger charge is -2.21. The number of phosphoric ester groups is 2. The van der Waals surface area contributed by atoms with Gasteiger partial charge in [0.25, 0.3) is 0 Å². The number of rotatable bonds is 63. The first-order chi connectivity index (χ1) is 39.5. The minimum Gasteiger partial charge on any atom is -0.462 e. The van der Waals surface area contributed by atoms with Crippen molar-refractivity contribution < 1.29 is 80.2 Å². The second kappa shape index (κ2) is 56.8. The number of unbranched alkanes of at least 4 members (excludes halogenated alkanes) is 35. The number of carbonyl (C=O) groups excluding carboxylic acids is 4. The molecule has 19 heteroatoms. The van der Waals surface area contributed by atoms with E-state index in [1.54, 1.807) is 0 Å². The quantitative estimate of drug-likeness (QED) is 0.0222. The van der Waals surface area contributed by atoms with Gasteiger partial charge in [0, 0.05) is 25.7 Å². The van der Waals surface area contributed by atoms with E-state index < -0.39 is 97.5 Å². The van der Waals surface area contributed by atoms with Crippen molar-refractivity contribution >= 4 is 39.5 Å².